The third-order valence-corrected chi connectivity index (χ3v) is 4.48. The van der Waals surface area contributed by atoms with E-state index in [9.17, 15) is 10.1 Å². The third kappa shape index (κ3) is 3.32. The summed E-state index contributed by atoms with van der Waals surface area (Å²) in [7, 11) is 0. The fourth-order valence-corrected chi connectivity index (χ4v) is 3.24. The summed E-state index contributed by atoms with van der Waals surface area (Å²) in [4.78, 5) is 12.2. The summed E-state index contributed by atoms with van der Waals surface area (Å²) in [5.74, 6) is 0.413. The molecule has 0 amide bonds. The molecule has 0 fully saturated rings. The predicted molar refractivity (Wildman–Crippen MR) is 82.8 cm³/mol. The van der Waals surface area contributed by atoms with Crippen molar-refractivity contribution in [2.24, 2.45) is 0 Å². The summed E-state index contributed by atoms with van der Waals surface area (Å²) in [5.41, 5.74) is 1.25. The fraction of sp³-hybridized carbons (Fsp3) is 0.200. The van der Waals surface area contributed by atoms with E-state index >= 15 is 0 Å². The van der Waals surface area contributed by atoms with Gasteiger partial charge in [0.15, 0.2) is 0 Å². The van der Waals surface area contributed by atoms with E-state index in [-0.39, 0.29) is 5.69 Å². The van der Waals surface area contributed by atoms with Gasteiger partial charge in [-0.05, 0) is 23.6 Å². The number of halogens is 1. The molecule has 0 saturated heterocycles. The minimum Gasteiger partial charge on any atom is -0.258 e. The van der Waals surface area contributed by atoms with Crippen molar-refractivity contribution < 1.29 is 4.92 Å². The van der Waals surface area contributed by atoms with Gasteiger partial charge in [0.2, 0.25) is 0 Å². The molecule has 3 nitrogen and oxygen atoms in total. The average Bonchev–Trinajstić information content (AvgIpc) is 2.41. The van der Waals surface area contributed by atoms with Crippen LogP contribution >= 0.6 is 23.4 Å². The van der Waals surface area contributed by atoms with E-state index in [0.717, 1.165) is 9.79 Å². The highest BCUT2D eigenvalue weighted by Gasteiger charge is 2.12. The molecule has 0 radical (unpaired) electrons. The average molecular weight is 308 g/mol. The second kappa shape index (κ2) is 6.29. The first kappa shape index (κ1) is 14.9. The maximum Gasteiger partial charge on any atom is 0.270 e. The molecular formula is C15H14ClNO2S. The highest BCUT2D eigenvalue weighted by Crippen LogP contribution is 2.38. The number of hydrogen-bond donors (Lipinski definition) is 0. The second-order valence-corrected chi connectivity index (χ2v) is 6.16. The van der Waals surface area contributed by atoms with Crippen molar-refractivity contribution in [3.63, 3.8) is 0 Å². The van der Waals surface area contributed by atoms with Gasteiger partial charge in [-0.25, -0.2) is 0 Å². The Hall–Kier alpha value is -1.52. The van der Waals surface area contributed by atoms with Gasteiger partial charge in [-0.3, -0.25) is 10.1 Å². The number of hydrogen-bond acceptors (Lipinski definition) is 3. The minimum atomic E-state index is -0.442. The van der Waals surface area contributed by atoms with Gasteiger partial charge < -0.3 is 0 Å². The first-order chi connectivity index (χ1) is 9.49. The van der Waals surface area contributed by atoms with Crippen LogP contribution < -0.4 is 0 Å². The molecule has 0 bridgehead atoms. The molecule has 0 spiro atoms. The number of nitrogens with zero attached hydrogens (tertiary/aromatic N) is 1. The third-order valence-electron chi connectivity index (χ3n) is 2.89. The zero-order valence-corrected chi connectivity index (χ0v) is 12.7. The van der Waals surface area contributed by atoms with E-state index in [1.165, 1.54) is 29.5 Å². The molecule has 0 aliphatic carbocycles. The van der Waals surface area contributed by atoms with Gasteiger partial charge in [0.05, 0.1) is 9.95 Å². The maximum atomic E-state index is 10.7. The number of non-ortho nitro benzene ring substituents is 1. The highest BCUT2D eigenvalue weighted by molar-refractivity contribution is 7.99. The van der Waals surface area contributed by atoms with Crippen molar-refractivity contribution in [3.8, 4) is 0 Å². The Morgan fingerprint density at radius 1 is 1.15 bits per heavy atom. The topological polar surface area (TPSA) is 43.1 Å². The van der Waals surface area contributed by atoms with Crippen LogP contribution in [0.2, 0.25) is 5.02 Å². The van der Waals surface area contributed by atoms with Gasteiger partial charge in [-0.2, -0.15) is 0 Å². The summed E-state index contributed by atoms with van der Waals surface area (Å²) >= 11 is 7.67. The molecule has 0 aromatic heterocycles. The summed E-state index contributed by atoms with van der Waals surface area (Å²) in [6, 6.07) is 12.7. The van der Waals surface area contributed by atoms with Crippen LogP contribution in [0.1, 0.15) is 25.3 Å². The number of nitro benzene ring substituents is 1. The Bertz CT molecular complexity index is 644. The lowest BCUT2D eigenvalue weighted by Crippen LogP contribution is -1.91. The number of benzene rings is 2. The molecular weight excluding hydrogens is 294 g/mol. The van der Waals surface area contributed by atoms with E-state index in [0.29, 0.717) is 10.9 Å². The van der Waals surface area contributed by atoms with Crippen LogP contribution in [0.25, 0.3) is 0 Å². The van der Waals surface area contributed by atoms with Gasteiger partial charge >= 0.3 is 0 Å². The van der Waals surface area contributed by atoms with Gasteiger partial charge in [0.25, 0.3) is 5.69 Å². The Kier molecular flexibility index (Phi) is 4.68. The molecule has 104 valence electrons. The van der Waals surface area contributed by atoms with Crippen molar-refractivity contribution in [1.29, 1.82) is 0 Å². The van der Waals surface area contributed by atoms with Crippen molar-refractivity contribution in [2.75, 3.05) is 0 Å². The van der Waals surface area contributed by atoms with Gasteiger partial charge in [0, 0.05) is 21.9 Å². The SMILES string of the molecule is CC(C)c1ccccc1Sc1ccc([N+](=O)[O-])cc1Cl. The van der Waals surface area contributed by atoms with Crippen LogP contribution in [0.5, 0.6) is 0 Å². The monoisotopic (exact) mass is 307 g/mol. The van der Waals surface area contributed by atoms with E-state index in [1.54, 1.807) is 6.07 Å². The smallest absolute Gasteiger partial charge is 0.258 e. The lowest BCUT2D eigenvalue weighted by atomic mass is 10.0. The molecule has 2 aromatic rings. The number of rotatable bonds is 4. The molecule has 0 unspecified atom stereocenters. The van der Waals surface area contributed by atoms with Crippen molar-refractivity contribution in [2.45, 2.75) is 29.6 Å². The molecule has 0 aliphatic heterocycles. The molecule has 0 saturated carbocycles. The second-order valence-electron chi connectivity index (χ2n) is 4.67. The van der Waals surface area contributed by atoms with Crippen LogP contribution in [0.15, 0.2) is 52.3 Å². The van der Waals surface area contributed by atoms with Gasteiger partial charge in [0.1, 0.15) is 0 Å². The van der Waals surface area contributed by atoms with Crippen LogP contribution in [0, 0.1) is 10.1 Å². The highest BCUT2D eigenvalue weighted by atomic mass is 35.5. The Balaban J connectivity index is 2.33. The lowest BCUT2D eigenvalue weighted by Gasteiger charge is -2.12. The zero-order valence-electron chi connectivity index (χ0n) is 11.2. The summed E-state index contributed by atoms with van der Waals surface area (Å²) < 4.78 is 0. The Labute approximate surface area is 127 Å². The fourth-order valence-electron chi connectivity index (χ4n) is 1.85. The molecule has 0 atom stereocenters. The molecule has 2 rings (SSSR count). The van der Waals surface area contributed by atoms with Gasteiger partial charge in [-0.15, -0.1) is 0 Å². The quantitative estimate of drug-likeness (QED) is 0.551. The molecule has 20 heavy (non-hydrogen) atoms. The molecule has 5 heteroatoms. The Morgan fingerprint density at radius 3 is 2.45 bits per heavy atom. The zero-order chi connectivity index (χ0) is 14.7. The van der Waals surface area contributed by atoms with E-state index < -0.39 is 4.92 Å². The normalized spacial score (nSPS) is 10.8. The largest absolute Gasteiger partial charge is 0.270 e. The van der Waals surface area contributed by atoms with E-state index in [1.807, 2.05) is 18.2 Å². The van der Waals surface area contributed by atoms with Crippen molar-refractivity contribution in [1.82, 2.24) is 0 Å². The summed E-state index contributed by atoms with van der Waals surface area (Å²) in [6.45, 7) is 4.27. The van der Waals surface area contributed by atoms with Crippen LogP contribution in [-0.2, 0) is 0 Å². The Morgan fingerprint density at radius 2 is 1.85 bits per heavy atom. The minimum absolute atomic E-state index is 0.0106. The lowest BCUT2D eigenvalue weighted by molar-refractivity contribution is -0.384. The van der Waals surface area contributed by atoms with Crippen LogP contribution in [0.3, 0.4) is 0 Å². The van der Waals surface area contributed by atoms with Crippen molar-refractivity contribution in [3.05, 3.63) is 63.2 Å². The van der Waals surface area contributed by atoms with Crippen LogP contribution in [0.4, 0.5) is 5.69 Å². The van der Waals surface area contributed by atoms with E-state index in [4.69, 9.17) is 11.6 Å². The van der Waals surface area contributed by atoms with E-state index in [2.05, 4.69) is 19.9 Å². The molecule has 2 aromatic carbocycles. The first-order valence-corrected chi connectivity index (χ1v) is 7.39. The van der Waals surface area contributed by atoms with Gasteiger partial charge in [-0.1, -0.05) is 55.4 Å². The molecule has 0 heterocycles. The first-order valence-electron chi connectivity index (χ1n) is 6.19. The van der Waals surface area contributed by atoms with Crippen LogP contribution in [-0.4, -0.2) is 4.92 Å². The summed E-state index contributed by atoms with van der Waals surface area (Å²) in [5, 5.41) is 11.1. The predicted octanol–water partition coefficient (Wildman–Crippen LogP) is 5.52. The van der Waals surface area contributed by atoms with Crippen molar-refractivity contribution >= 4 is 29.1 Å². The summed E-state index contributed by atoms with van der Waals surface area (Å²) in [6.07, 6.45) is 0. The standard InChI is InChI=1S/C15H14ClNO2S/c1-10(2)12-5-3-4-6-14(12)20-15-8-7-11(17(18)19)9-13(15)16/h3-10H,1-2H3. The molecule has 0 N–H and O–H groups in total. The maximum absolute atomic E-state index is 10.7. The molecule has 0 aliphatic rings. The number of nitro groups is 1.